The Morgan fingerprint density at radius 1 is 1.15 bits per heavy atom. The highest BCUT2D eigenvalue weighted by atomic mass is 32.1. The number of hydrogen-bond acceptors (Lipinski definition) is 5. The first-order chi connectivity index (χ1) is 16.0. The Hall–Kier alpha value is -3.30. The van der Waals surface area contributed by atoms with Gasteiger partial charge in [0.2, 0.25) is 0 Å². The molecule has 174 valence electrons. The Kier molecular flexibility index (Phi) is 8.91. The van der Waals surface area contributed by atoms with E-state index in [9.17, 15) is 14.0 Å². The van der Waals surface area contributed by atoms with Crippen molar-refractivity contribution in [2.75, 3.05) is 25.6 Å². The number of anilines is 1. The Balaban J connectivity index is 1.62. The van der Waals surface area contributed by atoms with Gasteiger partial charge in [-0.25, -0.2) is 14.2 Å². The molecule has 0 unspecified atom stereocenters. The molecule has 3 amide bonds. The van der Waals surface area contributed by atoms with E-state index in [1.165, 1.54) is 23.5 Å². The summed E-state index contributed by atoms with van der Waals surface area (Å²) in [6.07, 6.45) is 0.803. The van der Waals surface area contributed by atoms with Crippen LogP contribution in [0.15, 0.2) is 53.9 Å². The number of nitrogens with one attached hydrogen (secondary N) is 2. The third kappa shape index (κ3) is 7.10. The van der Waals surface area contributed by atoms with Gasteiger partial charge in [0.05, 0.1) is 13.2 Å². The lowest BCUT2D eigenvalue weighted by Gasteiger charge is -2.22. The van der Waals surface area contributed by atoms with Crippen LogP contribution in [0.3, 0.4) is 0 Å². The first kappa shape index (κ1) is 24.3. The van der Waals surface area contributed by atoms with Crippen molar-refractivity contribution in [2.24, 2.45) is 0 Å². The summed E-state index contributed by atoms with van der Waals surface area (Å²) in [7, 11) is 1.58. The quantitative estimate of drug-likeness (QED) is 0.458. The number of halogens is 1. The zero-order valence-corrected chi connectivity index (χ0v) is 19.5. The lowest BCUT2D eigenvalue weighted by atomic mass is 10.1. The summed E-state index contributed by atoms with van der Waals surface area (Å²) in [5, 5.41) is 8.04. The predicted molar refractivity (Wildman–Crippen MR) is 127 cm³/mol. The van der Waals surface area contributed by atoms with E-state index < -0.39 is 0 Å². The van der Waals surface area contributed by atoms with Gasteiger partial charge in [0, 0.05) is 31.3 Å². The van der Waals surface area contributed by atoms with Gasteiger partial charge in [-0.2, -0.15) is 0 Å². The second-order valence-corrected chi connectivity index (χ2v) is 8.23. The smallest absolute Gasteiger partial charge is 0.322 e. The van der Waals surface area contributed by atoms with Crippen LogP contribution in [0.5, 0.6) is 0 Å². The lowest BCUT2D eigenvalue weighted by Crippen LogP contribution is -2.37. The summed E-state index contributed by atoms with van der Waals surface area (Å²) >= 11 is 1.31. The minimum absolute atomic E-state index is 0.249. The molecule has 3 rings (SSSR count). The van der Waals surface area contributed by atoms with E-state index in [1.807, 2.05) is 31.2 Å². The lowest BCUT2D eigenvalue weighted by molar-refractivity contribution is 0.0946. The molecule has 0 aliphatic carbocycles. The highest BCUT2D eigenvalue weighted by Crippen LogP contribution is 2.18. The van der Waals surface area contributed by atoms with Crippen LogP contribution < -0.4 is 10.6 Å². The highest BCUT2D eigenvalue weighted by Gasteiger charge is 2.18. The number of ether oxygens (including phenoxy) is 1. The van der Waals surface area contributed by atoms with Gasteiger partial charge in [-0.15, -0.1) is 11.3 Å². The number of aryl methyl sites for hydroxylation is 1. The second-order valence-electron chi connectivity index (χ2n) is 7.29. The molecule has 2 aromatic carbocycles. The van der Waals surface area contributed by atoms with Crippen LogP contribution in [0, 0.1) is 5.82 Å². The molecule has 0 spiro atoms. The Bertz CT molecular complexity index is 1070. The second kappa shape index (κ2) is 12.1. The number of amides is 3. The van der Waals surface area contributed by atoms with Crippen LogP contribution in [0.2, 0.25) is 0 Å². The van der Waals surface area contributed by atoms with Gasteiger partial charge in [-0.1, -0.05) is 37.3 Å². The van der Waals surface area contributed by atoms with E-state index in [0.717, 1.165) is 23.2 Å². The average molecular weight is 471 g/mol. The van der Waals surface area contributed by atoms with E-state index in [4.69, 9.17) is 4.74 Å². The van der Waals surface area contributed by atoms with E-state index in [0.29, 0.717) is 18.2 Å². The van der Waals surface area contributed by atoms with Gasteiger partial charge in [0.25, 0.3) is 5.91 Å². The first-order valence-electron chi connectivity index (χ1n) is 10.6. The highest BCUT2D eigenvalue weighted by molar-refractivity contribution is 7.09. The maximum Gasteiger partial charge on any atom is 0.322 e. The van der Waals surface area contributed by atoms with E-state index in [-0.39, 0.29) is 36.5 Å². The molecule has 0 aliphatic rings. The fourth-order valence-electron chi connectivity index (χ4n) is 3.12. The van der Waals surface area contributed by atoms with Gasteiger partial charge >= 0.3 is 6.03 Å². The fraction of sp³-hybridized carbons (Fsp3) is 0.292. The fourth-order valence-corrected chi connectivity index (χ4v) is 3.91. The zero-order valence-electron chi connectivity index (χ0n) is 18.6. The topological polar surface area (TPSA) is 83.6 Å². The van der Waals surface area contributed by atoms with Crippen molar-refractivity contribution in [3.63, 3.8) is 0 Å². The molecule has 3 aromatic rings. The molecule has 0 radical (unpaired) electrons. The maximum atomic E-state index is 13.0. The van der Waals surface area contributed by atoms with Crippen molar-refractivity contribution >= 4 is 29.0 Å². The molecular formula is C24H27FN4O3S. The van der Waals surface area contributed by atoms with Gasteiger partial charge in [0.15, 0.2) is 0 Å². The van der Waals surface area contributed by atoms with Crippen LogP contribution in [0.1, 0.15) is 33.5 Å². The van der Waals surface area contributed by atoms with E-state index >= 15 is 0 Å². The third-order valence-electron chi connectivity index (χ3n) is 4.97. The SMILES string of the molecule is CCc1ccccc1NC(=O)N(CCOC)Cc1nc(C(=O)NCc2ccc(F)cc2)cs1. The van der Waals surface area contributed by atoms with Crippen LogP contribution in [-0.4, -0.2) is 42.1 Å². The number of hydrogen-bond donors (Lipinski definition) is 2. The Morgan fingerprint density at radius 3 is 2.64 bits per heavy atom. The summed E-state index contributed by atoms with van der Waals surface area (Å²) < 4.78 is 18.2. The van der Waals surface area contributed by atoms with Gasteiger partial charge in [-0.3, -0.25) is 4.79 Å². The summed E-state index contributed by atoms with van der Waals surface area (Å²) in [6.45, 7) is 3.30. The molecule has 0 fully saturated rings. The number of carbonyl (C=O) groups is 2. The van der Waals surface area contributed by atoms with Crippen molar-refractivity contribution in [2.45, 2.75) is 26.4 Å². The van der Waals surface area contributed by atoms with Gasteiger partial charge in [0.1, 0.15) is 16.5 Å². The summed E-state index contributed by atoms with van der Waals surface area (Å²) in [5.74, 6) is -0.652. The predicted octanol–water partition coefficient (Wildman–Crippen LogP) is 4.46. The number of carbonyl (C=O) groups excluding carboxylic acids is 2. The standard InChI is InChI=1S/C24H27FN4O3S/c1-3-18-6-4-5-7-20(18)28-24(31)29(12-13-32-2)15-22-27-21(16-33-22)23(30)26-14-17-8-10-19(25)11-9-17/h4-11,16H,3,12-15H2,1-2H3,(H,26,30)(H,28,31). The number of rotatable bonds is 10. The number of para-hydroxylation sites is 1. The molecule has 33 heavy (non-hydrogen) atoms. The largest absolute Gasteiger partial charge is 0.383 e. The van der Waals surface area contributed by atoms with Crippen molar-refractivity contribution in [3.05, 3.63) is 81.6 Å². The number of aromatic nitrogens is 1. The molecule has 0 atom stereocenters. The average Bonchev–Trinajstić information content (AvgIpc) is 3.30. The van der Waals surface area contributed by atoms with Crippen molar-refractivity contribution in [3.8, 4) is 0 Å². The summed E-state index contributed by atoms with van der Waals surface area (Å²) in [5.41, 5.74) is 2.88. The number of benzene rings is 2. The van der Waals surface area contributed by atoms with Gasteiger partial charge in [-0.05, 0) is 35.7 Å². The molecule has 9 heteroatoms. The molecule has 0 saturated heterocycles. The molecule has 1 heterocycles. The monoisotopic (exact) mass is 470 g/mol. The summed E-state index contributed by atoms with van der Waals surface area (Å²) in [6, 6.07) is 13.3. The molecule has 7 nitrogen and oxygen atoms in total. The minimum Gasteiger partial charge on any atom is -0.383 e. The number of urea groups is 1. The van der Waals surface area contributed by atoms with E-state index in [1.54, 1.807) is 29.5 Å². The molecule has 0 aliphatic heterocycles. The van der Waals surface area contributed by atoms with Crippen molar-refractivity contribution in [1.29, 1.82) is 0 Å². The number of thiazole rings is 1. The molecule has 0 bridgehead atoms. The maximum absolute atomic E-state index is 13.0. The number of methoxy groups -OCH3 is 1. The zero-order chi connectivity index (χ0) is 23.6. The van der Waals surface area contributed by atoms with Crippen molar-refractivity contribution < 1.29 is 18.7 Å². The molecular weight excluding hydrogens is 443 g/mol. The molecule has 1 aromatic heterocycles. The van der Waals surface area contributed by atoms with Crippen LogP contribution >= 0.6 is 11.3 Å². The van der Waals surface area contributed by atoms with Crippen LogP contribution in [-0.2, 0) is 24.2 Å². The Morgan fingerprint density at radius 2 is 1.91 bits per heavy atom. The van der Waals surface area contributed by atoms with Gasteiger partial charge < -0.3 is 20.3 Å². The minimum atomic E-state index is -0.327. The van der Waals surface area contributed by atoms with E-state index in [2.05, 4.69) is 15.6 Å². The van der Waals surface area contributed by atoms with Crippen LogP contribution in [0.25, 0.3) is 0 Å². The third-order valence-corrected chi connectivity index (χ3v) is 5.80. The number of nitrogens with zero attached hydrogens (tertiary/aromatic N) is 2. The summed E-state index contributed by atoms with van der Waals surface area (Å²) in [4.78, 5) is 31.4. The molecule has 0 saturated carbocycles. The Labute approximate surface area is 196 Å². The van der Waals surface area contributed by atoms with Crippen molar-refractivity contribution in [1.82, 2.24) is 15.2 Å². The molecule has 2 N–H and O–H groups in total. The van der Waals surface area contributed by atoms with Crippen LogP contribution in [0.4, 0.5) is 14.9 Å². The first-order valence-corrected chi connectivity index (χ1v) is 11.5. The normalized spacial score (nSPS) is 10.6.